The highest BCUT2D eigenvalue weighted by atomic mass is 32.2. The molecule has 6 heteroatoms. The van der Waals surface area contributed by atoms with Gasteiger partial charge in [0.1, 0.15) is 16.7 Å². The second-order valence-electron chi connectivity index (χ2n) is 5.64. The number of piperazine rings is 1. The van der Waals surface area contributed by atoms with Gasteiger partial charge in [0, 0.05) is 44.1 Å². The minimum Gasteiger partial charge on any atom is -0.385 e. The van der Waals surface area contributed by atoms with Gasteiger partial charge in [0.2, 0.25) is 0 Å². The van der Waals surface area contributed by atoms with Gasteiger partial charge in [-0.15, -0.1) is 0 Å². The van der Waals surface area contributed by atoms with E-state index in [0.717, 1.165) is 54.9 Å². The van der Waals surface area contributed by atoms with Crippen LogP contribution in [0.15, 0.2) is 64.5 Å². The third-order valence-corrected chi connectivity index (χ3v) is 5.38. The number of nitrogens with zero attached hydrogens (tertiary/aromatic N) is 4. The summed E-state index contributed by atoms with van der Waals surface area (Å²) in [5.41, 5.74) is 7.50. The summed E-state index contributed by atoms with van der Waals surface area (Å²) in [6.45, 7) is 9.45. The van der Waals surface area contributed by atoms with E-state index in [-0.39, 0.29) is 0 Å². The quantitative estimate of drug-likeness (QED) is 0.912. The third kappa shape index (κ3) is 3.48. The van der Waals surface area contributed by atoms with Crippen molar-refractivity contribution in [2.24, 2.45) is 10.7 Å². The highest BCUT2D eigenvalue weighted by molar-refractivity contribution is 8.18. The van der Waals surface area contributed by atoms with Crippen LogP contribution >= 0.6 is 11.8 Å². The molecule has 5 nitrogen and oxygen atoms in total. The molecule has 0 amide bonds. The predicted octanol–water partition coefficient (Wildman–Crippen LogP) is 2.96. The van der Waals surface area contributed by atoms with Crippen molar-refractivity contribution in [2.45, 2.75) is 13.3 Å². The van der Waals surface area contributed by atoms with Crippen LogP contribution in [0.3, 0.4) is 0 Å². The number of hydrogen-bond acceptors (Lipinski definition) is 6. The Bertz CT molecular complexity index is 685. The van der Waals surface area contributed by atoms with Gasteiger partial charge in [0.05, 0.1) is 0 Å². The summed E-state index contributed by atoms with van der Waals surface area (Å²) in [5, 5.41) is 0.950. The number of hydrogen-bond donors (Lipinski definition) is 1. The van der Waals surface area contributed by atoms with E-state index in [1.54, 1.807) is 18.0 Å². The van der Waals surface area contributed by atoms with Crippen molar-refractivity contribution >= 4 is 22.6 Å². The van der Waals surface area contributed by atoms with Crippen molar-refractivity contribution < 1.29 is 0 Å². The van der Waals surface area contributed by atoms with E-state index in [2.05, 4.69) is 45.4 Å². The number of pyridine rings is 1. The molecule has 0 atom stereocenters. The summed E-state index contributed by atoms with van der Waals surface area (Å²) in [6.07, 6.45) is 6.57. The Morgan fingerprint density at radius 1 is 1.38 bits per heavy atom. The highest BCUT2D eigenvalue weighted by Crippen LogP contribution is 2.35. The fraction of sp³-hybridized carbons (Fsp3) is 0.333. The average Bonchev–Trinajstić information content (AvgIpc) is 3.05. The van der Waals surface area contributed by atoms with E-state index in [4.69, 9.17) is 5.73 Å². The van der Waals surface area contributed by atoms with Gasteiger partial charge >= 0.3 is 0 Å². The maximum Gasteiger partial charge on any atom is 0.128 e. The smallest absolute Gasteiger partial charge is 0.128 e. The van der Waals surface area contributed by atoms with Gasteiger partial charge in [-0.1, -0.05) is 31.3 Å². The Morgan fingerprint density at radius 3 is 2.79 bits per heavy atom. The summed E-state index contributed by atoms with van der Waals surface area (Å²) in [6, 6.07) is 6.02. The number of thioether (sulfide) groups is 1. The van der Waals surface area contributed by atoms with Crippen molar-refractivity contribution in [3.8, 4) is 0 Å². The van der Waals surface area contributed by atoms with Crippen LogP contribution in [0.5, 0.6) is 0 Å². The lowest BCUT2D eigenvalue weighted by atomic mass is 10.2. The van der Waals surface area contributed by atoms with Crippen LogP contribution < -0.4 is 10.6 Å². The van der Waals surface area contributed by atoms with Gasteiger partial charge in [-0.25, -0.2) is 9.98 Å². The third-order valence-electron chi connectivity index (χ3n) is 4.19. The molecule has 0 aliphatic carbocycles. The van der Waals surface area contributed by atoms with E-state index in [1.165, 1.54) is 4.91 Å². The fourth-order valence-electron chi connectivity index (χ4n) is 2.86. The normalized spacial score (nSPS) is 21.9. The Morgan fingerprint density at radius 2 is 2.17 bits per heavy atom. The minimum atomic E-state index is 0.812. The number of nitrogens with two attached hydrogens (primary N) is 1. The van der Waals surface area contributed by atoms with Gasteiger partial charge < -0.3 is 15.5 Å². The predicted molar refractivity (Wildman–Crippen MR) is 103 cm³/mol. The lowest BCUT2D eigenvalue weighted by molar-refractivity contribution is 0.316. The summed E-state index contributed by atoms with van der Waals surface area (Å²) in [7, 11) is 0. The van der Waals surface area contributed by atoms with E-state index < -0.39 is 0 Å². The number of anilines is 1. The zero-order chi connectivity index (χ0) is 16.9. The van der Waals surface area contributed by atoms with Crippen LogP contribution in [-0.2, 0) is 0 Å². The molecule has 1 aromatic heterocycles. The van der Waals surface area contributed by atoms with Crippen LogP contribution in [0.25, 0.3) is 0 Å². The Hall–Kier alpha value is -2.21. The second kappa shape index (κ2) is 7.57. The lowest BCUT2D eigenvalue weighted by Gasteiger charge is -2.37. The first kappa shape index (κ1) is 16.6. The fourth-order valence-corrected chi connectivity index (χ4v) is 3.83. The molecular weight excluding hydrogens is 318 g/mol. The molecule has 2 aliphatic heterocycles. The SMILES string of the molecule is C=C/N=C1/SC(CC)=C/C1=C(/N)N1CCN(c2ccccn2)CC1. The van der Waals surface area contributed by atoms with Crippen molar-refractivity contribution in [1.29, 1.82) is 0 Å². The van der Waals surface area contributed by atoms with Crippen LogP contribution in [0.1, 0.15) is 13.3 Å². The van der Waals surface area contributed by atoms with Crippen molar-refractivity contribution in [2.75, 3.05) is 31.1 Å². The van der Waals surface area contributed by atoms with E-state index >= 15 is 0 Å². The Labute approximate surface area is 147 Å². The zero-order valence-corrected chi connectivity index (χ0v) is 14.8. The molecule has 2 aliphatic rings. The first-order valence-corrected chi connectivity index (χ1v) is 9.02. The van der Waals surface area contributed by atoms with Gasteiger partial charge in [-0.2, -0.15) is 0 Å². The molecule has 0 unspecified atom stereocenters. The van der Waals surface area contributed by atoms with E-state index in [9.17, 15) is 0 Å². The first-order valence-electron chi connectivity index (χ1n) is 8.21. The summed E-state index contributed by atoms with van der Waals surface area (Å²) < 4.78 is 0. The molecule has 1 fully saturated rings. The molecule has 0 bridgehead atoms. The summed E-state index contributed by atoms with van der Waals surface area (Å²) in [4.78, 5) is 14.6. The van der Waals surface area contributed by atoms with Gasteiger partial charge in [-0.05, 0) is 29.5 Å². The van der Waals surface area contributed by atoms with Crippen LogP contribution in [0.4, 0.5) is 5.82 Å². The number of allylic oxidation sites excluding steroid dienone is 2. The first-order chi connectivity index (χ1) is 11.7. The van der Waals surface area contributed by atoms with Crippen molar-refractivity contribution in [1.82, 2.24) is 9.88 Å². The Kier molecular flexibility index (Phi) is 5.25. The maximum absolute atomic E-state index is 6.47. The van der Waals surface area contributed by atoms with Crippen molar-refractivity contribution in [3.63, 3.8) is 0 Å². The molecule has 1 saturated heterocycles. The van der Waals surface area contributed by atoms with Gasteiger partial charge in [0.25, 0.3) is 0 Å². The number of aromatic nitrogens is 1. The van der Waals surface area contributed by atoms with Gasteiger partial charge in [0.15, 0.2) is 0 Å². The molecule has 3 rings (SSSR count). The lowest BCUT2D eigenvalue weighted by Crippen LogP contribution is -2.48. The molecule has 24 heavy (non-hydrogen) atoms. The molecule has 2 N–H and O–H groups in total. The number of rotatable bonds is 4. The van der Waals surface area contributed by atoms with Crippen LogP contribution in [0.2, 0.25) is 0 Å². The van der Waals surface area contributed by atoms with Crippen LogP contribution in [0, 0.1) is 0 Å². The standard InChI is InChI=1S/C18H23N5S/c1-3-14-13-15(18(24-14)20-4-2)17(19)23-11-9-22(10-12-23)16-7-5-6-8-21-16/h4-8,13H,2-3,9-12,19H2,1H3/b17-15+,20-18+. The second-order valence-corrected chi connectivity index (χ2v) is 6.76. The topological polar surface area (TPSA) is 57.8 Å². The molecular formula is C18H23N5S. The highest BCUT2D eigenvalue weighted by Gasteiger charge is 2.25. The average molecular weight is 341 g/mol. The molecule has 1 aromatic rings. The summed E-state index contributed by atoms with van der Waals surface area (Å²) in [5.74, 6) is 1.84. The number of aliphatic imine (C=N–C) groups is 1. The summed E-state index contributed by atoms with van der Waals surface area (Å²) >= 11 is 1.69. The maximum atomic E-state index is 6.47. The molecule has 0 saturated carbocycles. The van der Waals surface area contributed by atoms with E-state index in [0.29, 0.717) is 0 Å². The molecule has 126 valence electrons. The zero-order valence-electron chi connectivity index (χ0n) is 14.0. The molecule has 0 spiro atoms. The van der Waals surface area contributed by atoms with E-state index in [1.807, 2.05) is 18.3 Å². The largest absolute Gasteiger partial charge is 0.385 e. The molecule has 0 aromatic carbocycles. The monoisotopic (exact) mass is 341 g/mol. The van der Waals surface area contributed by atoms with Crippen molar-refractivity contribution in [3.05, 3.63) is 59.6 Å². The Balaban J connectivity index is 1.74. The van der Waals surface area contributed by atoms with Crippen LogP contribution in [-0.4, -0.2) is 41.1 Å². The minimum absolute atomic E-state index is 0.812. The van der Waals surface area contributed by atoms with Gasteiger partial charge in [-0.3, -0.25) is 0 Å². The molecule has 3 heterocycles. The molecule has 0 radical (unpaired) electrons.